The van der Waals surface area contributed by atoms with Crippen LogP contribution in [0, 0.1) is 75.0 Å². The maximum atomic E-state index is 6.21. The summed E-state index contributed by atoms with van der Waals surface area (Å²) < 4.78 is 0. The highest BCUT2D eigenvalue weighted by Crippen LogP contribution is 2.41. The van der Waals surface area contributed by atoms with Crippen LogP contribution in [-0.2, 0) is 25.7 Å². The van der Waals surface area contributed by atoms with E-state index in [4.69, 9.17) is 20.0 Å². The molecule has 0 atom stereocenters. The lowest BCUT2D eigenvalue weighted by Crippen LogP contribution is -2.22. The zero-order chi connectivity index (χ0) is 77.2. The summed E-state index contributed by atoms with van der Waals surface area (Å²) >= 11 is 0. The molecule has 5 aliphatic heterocycles. The number of aromatic nitrogens is 4. The fourth-order valence-corrected chi connectivity index (χ4v) is 17.8. The zero-order valence-electron chi connectivity index (χ0n) is 69.6. The van der Waals surface area contributed by atoms with Crippen LogP contribution in [0.4, 0.5) is 0 Å². The monoisotopic (exact) mass is 1430 g/mol. The van der Waals surface area contributed by atoms with E-state index in [1.165, 1.54) is 89.1 Å². The van der Waals surface area contributed by atoms with Gasteiger partial charge in [0.1, 0.15) is 0 Å². The van der Waals surface area contributed by atoms with Gasteiger partial charge in [-0.25, -0.2) is 20.0 Å². The molecule has 0 fully saturated rings. The van der Waals surface area contributed by atoms with E-state index >= 15 is 0 Å². The van der Waals surface area contributed by atoms with Gasteiger partial charge in [-0.2, -0.15) is 0 Å². The Bertz CT molecular complexity index is 5000. The topological polar surface area (TPSA) is 113 Å². The number of nitrogens with zero attached hydrogens (tertiary/aromatic N) is 4. The fraction of sp³-hybridized carbons (Fsp3) is 0.400. The standard InChI is InChI=1S/C100H120N8/c1-53(2)45-73-61(17)85-81(69-37-29-25-30-38-69)86-63(19)75(47-55(5)6)95(103-86)96-77(49-57(9)10)65(21)89(105-96)83(71-41-33-27-34-42-71)90-67(23)79(51-59(13)14)99(107-90)100-80(52-60(15)16)68(24)92(108-100)84(72-43-35-28-36-44-72)91-66(22)78(50-58(11)12)98(106-91)97-76(48-56(7)8)64(20)88(104-97)82(70-39-31-26-32-40-70)87-62(18)74(46-54(3)4)94(102-87)93(73)101-85/h25-44,53-60,101,104-105,108H,45-52H2,1-24H3. The van der Waals surface area contributed by atoms with Crippen LogP contribution in [0.5, 0.6) is 0 Å². The van der Waals surface area contributed by atoms with Crippen LogP contribution in [0.25, 0.3) is 45.1 Å². The van der Waals surface area contributed by atoms with Gasteiger partial charge in [0.15, 0.2) is 0 Å². The Balaban J connectivity index is 1.34. The molecule has 4 aromatic heterocycles. The second kappa shape index (κ2) is 31.3. The Morgan fingerprint density at radius 2 is 0.389 bits per heavy atom. The number of H-pyrrole nitrogens is 4. The van der Waals surface area contributed by atoms with Crippen molar-refractivity contribution in [2.24, 2.45) is 67.3 Å². The van der Waals surface area contributed by atoms with Crippen LogP contribution in [0.3, 0.4) is 0 Å². The predicted molar refractivity (Wildman–Crippen MR) is 461 cm³/mol. The van der Waals surface area contributed by atoms with Gasteiger partial charge < -0.3 is 19.9 Å². The number of benzene rings is 4. The molecule has 8 aromatic rings. The van der Waals surface area contributed by atoms with E-state index in [1.807, 2.05) is 0 Å². The Morgan fingerprint density at radius 3 is 0.546 bits per heavy atom. The van der Waals surface area contributed by atoms with Gasteiger partial charge in [0.2, 0.25) is 0 Å². The van der Waals surface area contributed by atoms with Crippen molar-refractivity contribution in [3.8, 4) is 0 Å². The maximum absolute atomic E-state index is 6.21. The van der Waals surface area contributed by atoms with Gasteiger partial charge in [0.05, 0.1) is 88.4 Å². The van der Waals surface area contributed by atoms with Crippen LogP contribution >= 0.6 is 0 Å². The zero-order valence-corrected chi connectivity index (χ0v) is 69.6. The molecule has 0 radical (unpaired) electrons. The van der Waals surface area contributed by atoms with E-state index < -0.39 is 0 Å². The number of hydrogen-bond donors (Lipinski definition) is 4. The average Bonchev–Trinajstić information content (AvgIpc) is 1.58. The molecule has 9 heterocycles. The first kappa shape index (κ1) is 76.8. The van der Waals surface area contributed by atoms with Crippen molar-refractivity contribution in [3.05, 3.63) is 275 Å². The number of rotatable bonds is 20. The van der Waals surface area contributed by atoms with E-state index in [0.29, 0.717) is 47.3 Å². The second-order valence-electron chi connectivity index (χ2n) is 35.3. The molecule has 0 saturated heterocycles. The molecule has 16 bridgehead atoms. The summed E-state index contributed by atoms with van der Waals surface area (Å²) in [4.78, 5) is 42.3. The van der Waals surface area contributed by atoms with Gasteiger partial charge in [-0.15, -0.1) is 0 Å². The van der Waals surface area contributed by atoms with Crippen LogP contribution in [0.2, 0.25) is 0 Å². The summed E-state index contributed by atoms with van der Waals surface area (Å²) in [6, 6.07) is 44.5. The molecule has 8 heteroatoms. The van der Waals surface area contributed by atoms with Crippen LogP contribution in [0.15, 0.2) is 186 Å². The SMILES string of the molecule is CC1=C(CC(C)C)C2=c3[nH]c(c(C)c3CC(C)C)=C(c3ccccc3)C3=NC(=c4[nH]c(c(C)c4CC(C)C)=C(c4ccccc4)C4=NC(=c5[nH]c(c(C)c5CC(C)C)=C(c5ccccc5)C5=NC(=c6[nH]c(c(C)c6CC(C)C)=C(c6ccccc6)C1=N2)C(CC(C)C)=C5C)C(CC(C)C)=C4C)C(CC(C)C)=C3C. The van der Waals surface area contributed by atoms with Crippen molar-refractivity contribution in [1.29, 1.82) is 0 Å². The van der Waals surface area contributed by atoms with Crippen LogP contribution in [0.1, 0.15) is 231 Å². The average molecular weight is 1430 g/mol. The number of allylic oxidation sites excluding steroid dienone is 4. The quantitative estimate of drug-likeness (QED) is 0.0583. The third-order valence-corrected chi connectivity index (χ3v) is 22.8. The Hall–Kier alpha value is -9.40. The number of hydrogen-bond acceptors (Lipinski definition) is 4. The minimum Gasteiger partial charge on any atom is -0.353 e. The lowest BCUT2D eigenvalue weighted by Gasteiger charge is -2.12. The summed E-state index contributed by atoms with van der Waals surface area (Å²) in [5.41, 5.74) is 37.3. The maximum Gasteiger partial charge on any atom is 0.0910 e. The largest absolute Gasteiger partial charge is 0.353 e. The summed E-state index contributed by atoms with van der Waals surface area (Å²) in [6.07, 6.45) is 6.92. The second-order valence-corrected chi connectivity index (χ2v) is 35.3. The first-order chi connectivity index (χ1) is 51.5. The van der Waals surface area contributed by atoms with Crippen molar-refractivity contribution in [2.75, 3.05) is 0 Å². The lowest BCUT2D eigenvalue weighted by molar-refractivity contribution is 0.641. The molecular weight excluding hydrogens is 1310 g/mol. The summed E-state index contributed by atoms with van der Waals surface area (Å²) in [7, 11) is 0. The van der Waals surface area contributed by atoms with Gasteiger partial charge in [-0.1, -0.05) is 232 Å². The van der Waals surface area contributed by atoms with E-state index in [0.717, 1.165) is 184 Å². The number of fused-ring (bicyclic) bond motifs is 12. The van der Waals surface area contributed by atoms with Gasteiger partial charge in [0.25, 0.3) is 0 Å². The van der Waals surface area contributed by atoms with Crippen molar-refractivity contribution in [2.45, 2.75) is 218 Å². The van der Waals surface area contributed by atoms with E-state index in [2.05, 4.69) is 307 Å². The highest BCUT2D eigenvalue weighted by atomic mass is 14.9. The normalized spacial score (nSPS) is 15.9. The lowest BCUT2D eigenvalue weighted by atomic mass is 9.89. The first-order valence-electron chi connectivity index (χ1n) is 40.8. The number of aliphatic imine (C=N–C) groups is 4. The van der Waals surface area contributed by atoms with Crippen molar-refractivity contribution in [3.63, 3.8) is 0 Å². The smallest absolute Gasteiger partial charge is 0.0910 e. The molecule has 8 nitrogen and oxygen atoms in total. The van der Waals surface area contributed by atoms with Gasteiger partial charge in [-0.05, 0) is 265 Å². The molecule has 0 spiro atoms. The van der Waals surface area contributed by atoms with Crippen molar-refractivity contribution in [1.82, 2.24) is 19.9 Å². The van der Waals surface area contributed by atoms with E-state index in [-0.39, 0.29) is 0 Å². The molecular formula is C100H120N8. The summed E-state index contributed by atoms with van der Waals surface area (Å²) in [5, 5.41) is 8.77. The van der Waals surface area contributed by atoms with E-state index in [1.54, 1.807) is 0 Å². The van der Waals surface area contributed by atoms with Crippen molar-refractivity contribution >= 4 is 67.9 Å². The van der Waals surface area contributed by atoms with Crippen LogP contribution < -0.4 is 42.8 Å². The molecule has 4 N–H and O–H groups in total. The Kier molecular flexibility index (Phi) is 22.2. The molecule has 0 saturated carbocycles. The third kappa shape index (κ3) is 14.5. The Labute approximate surface area is 644 Å². The molecule has 5 aliphatic rings. The first-order valence-corrected chi connectivity index (χ1v) is 40.8. The highest BCUT2D eigenvalue weighted by Gasteiger charge is 2.36. The summed E-state index contributed by atoms with van der Waals surface area (Å²) in [5.74, 6) is 2.82. The van der Waals surface area contributed by atoms with Gasteiger partial charge >= 0.3 is 0 Å². The van der Waals surface area contributed by atoms with Gasteiger partial charge in [-0.3, -0.25) is 0 Å². The molecule has 0 aliphatic carbocycles. The molecule has 560 valence electrons. The highest BCUT2D eigenvalue weighted by molar-refractivity contribution is 6.37. The fourth-order valence-electron chi connectivity index (χ4n) is 17.8. The van der Waals surface area contributed by atoms with Crippen molar-refractivity contribution < 1.29 is 0 Å². The molecule has 4 aromatic carbocycles. The predicted octanol–water partition coefficient (Wildman–Crippen LogP) is 18.6. The molecule has 13 rings (SSSR count). The Morgan fingerprint density at radius 1 is 0.222 bits per heavy atom. The number of aromatic amines is 4. The summed E-state index contributed by atoms with van der Waals surface area (Å²) in [6.45, 7) is 56.7. The minimum atomic E-state index is 0.351. The molecule has 0 unspecified atom stereocenters. The third-order valence-electron chi connectivity index (χ3n) is 22.8. The molecule has 0 amide bonds. The minimum absolute atomic E-state index is 0.351. The number of nitrogens with one attached hydrogen (secondary N) is 4. The van der Waals surface area contributed by atoms with Gasteiger partial charge in [0, 0.05) is 22.3 Å². The van der Waals surface area contributed by atoms with E-state index in [9.17, 15) is 0 Å². The van der Waals surface area contributed by atoms with Crippen LogP contribution in [-0.4, -0.2) is 42.8 Å². The molecule has 108 heavy (non-hydrogen) atoms.